The lowest BCUT2D eigenvalue weighted by Gasteiger charge is -2.21. The predicted octanol–water partition coefficient (Wildman–Crippen LogP) is 2.24. The number of nitrogens with one attached hydrogen (secondary N) is 1. The Morgan fingerprint density at radius 2 is 2.28 bits per heavy atom. The first kappa shape index (κ1) is 14.0. The summed E-state index contributed by atoms with van der Waals surface area (Å²) >= 11 is 1.57. The molecule has 0 saturated heterocycles. The van der Waals surface area contributed by atoms with Crippen LogP contribution < -0.4 is 5.32 Å². The monoisotopic (exact) mass is 288 g/mol. The van der Waals surface area contributed by atoms with E-state index in [2.05, 4.69) is 17.2 Å². The van der Waals surface area contributed by atoms with E-state index in [1.54, 1.807) is 18.3 Å². The molecule has 0 aromatic carbocycles. The highest BCUT2D eigenvalue weighted by atomic mass is 32.2. The molecule has 1 aromatic heterocycles. The fourth-order valence-electron chi connectivity index (χ4n) is 2.24. The molecule has 0 saturated carbocycles. The van der Waals surface area contributed by atoms with E-state index in [9.17, 15) is 8.42 Å². The van der Waals surface area contributed by atoms with E-state index in [1.807, 2.05) is 0 Å². The third-order valence-electron chi connectivity index (χ3n) is 3.41. The van der Waals surface area contributed by atoms with Crippen molar-refractivity contribution in [1.82, 2.24) is 10.3 Å². The molecule has 2 atom stereocenters. The van der Waals surface area contributed by atoms with E-state index >= 15 is 0 Å². The van der Waals surface area contributed by atoms with Crippen LogP contribution in [0, 0.1) is 0 Å². The molecule has 1 heterocycles. The van der Waals surface area contributed by atoms with Crippen LogP contribution in [0.2, 0.25) is 0 Å². The first-order valence-electron chi connectivity index (χ1n) is 6.35. The number of hydrogen-bond acceptors (Lipinski definition) is 5. The number of sulfone groups is 1. The van der Waals surface area contributed by atoms with Crippen LogP contribution in [0.1, 0.15) is 53.6 Å². The molecule has 1 aromatic rings. The van der Waals surface area contributed by atoms with Gasteiger partial charge in [0.2, 0.25) is 0 Å². The molecule has 2 unspecified atom stereocenters. The van der Waals surface area contributed by atoms with Crippen LogP contribution in [0.3, 0.4) is 0 Å². The average molecular weight is 288 g/mol. The topological polar surface area (TPSA) is 59.1 Å². The predicted molar refractivity (Wildman–Crippen MR) is 74.7 cm³/mol. The number of rotatable bonds is 4. The third kappa shape index (κ3) is 2.75. The Morgan fingerprint density at radius 1 is 1.56 bits per heavy atom. The standard InChI is InChI=1S/C12H20N2O2S2/c1-4-13-9-6-5-7-10-11(9)17-12(14-10)8(2)18(3,15)16/h8-9,13H,4-7H2,1-3H3. The molecule has 1 N–H and O–H groups in total. The number of thiazole rings is 1. The van der Waals surface area contributed by atoms with Gasteiger partial charge in [-0.25, -0.2) is 13.4 Å². The lowest BCUT2D eigenvalue weighted by Crippen LogP contribution is -2.23. The first-order chi connectivity index (χ1) is 8.43. The minimum Gasteiger partial charge on any atom is -0.309 e. The number of hydrogen-bond donors (Lipinski definition) is 1. The van der Waals surface area contributed by atoms with E-state index in [-0.39, 0.29) is 0 Å². The Bertz CT molecular complexity index is 522. The maximum atomic E-state index is 11.6. The maximum Gasteiger partial charge on any atom is 0.156 e. The van der Waals surface area contributed by atoms with Gasteiger partial charge in [-0.15, -0.1) is 11.3 Å². The Kier molecular flexibility index (Phi) is 4.08. The summed E-state index contributed by atoms with van der Waals surface area (Å²) in [7, 11) is -3.06. The smallest absolute Gasteiger partial charge is 0.156 e. The van der Waals surface area contributed by atoms with E-state index in [0.29, 0.717) is 6.04 Å². The third-order valence-corrected chi connectivity index (χ3v) is 6.46. The normalized spacial score (nSPS) is 21.6. The average Bonchev–Trinajstić information content (AvgIpc) is 2.71. The molecule has 0 radical (unpaired) electrons. The van der Waals surface area contributed by atoms with Crippen molar-refractivity contribution >= 4 is 21.2 Å². The van der Waals surface area contributed by atoms with Gasteiger partial charge in [0, 0.05) is 17.2 Å². The molecule has 0 fully saturated rings. The van der Waals surface area contributed by atoms with Gasteiger partial charge >= 0.3 is 0 Å². The van der Waals surface area contributed by atoms with Crippen LogP contribution in [0.4, 0.5) is 0 Å². The van der Waals surface area contributed by atoms with Gasteiger partial charge in [0.15, 0.2) is 9.84 Å². The van der Waals surface area contributed by atoms with Gasteiger partial charge in [0.1, 0.15) is 10.3 Å². The van der Waals surface area contributed by atoms with Crippen molar-refractivity contribution in [3.8, 4) is 0 Å². The van der Waals surface area contributed by atoms with E-state index in [0.717, 1.165) is 36.5 Å². The van der Waals surface area contributed by atoms with Gasteiger partial charge in [-0.2, -0.15) is 0 Å². The molecule has 2 rings (SSSR count). The quantitative estimate of drug-likeness (QED) is 0.923. The SMILES string of the molecule is CCNC1CCCc2nc(C(C)S(C)(=O)=O)sc21. The lowest BCUT2D eigenvalue weighted by atomic mass is 9.98. The van der Waals surface area contributed by atoms with Gasteiger partial charge in [-0.3, -0.25) is 0 Å². The number of aryl methyl sites for hydroxylation is 1. The van der Waals surface area contributed by atoms with Gasteiger partial charge in [0.05, 0.1) is 5.69 Å². The summed E-state index contributed by atoms with van der Waals surface area (Å²) in [4.78, 5) is 5.79. The van der Waals surface area contributed by atoms with Crippen molar-refractivity contribution in [1.29, 1.82) is 0 Å². The Labute approximate surface area is 113 Å². The number of fused-ring (bicyclic) bond motifs is 1. The second kappa shape index (κ2) is 5.27. The van der Waals surface area contributed by atoms with Crippen LogP contribution >= 0.6 is 11.3 Å². The van der Waals surface area contributed by atoms with Crippen molar-refractivity contribution < 1.29 is 8.42 Å². The molecule has 0 bridgehead atoms. The highest BCUT2D eigenvalue weighted by Gasteiger charge is 2.28. The Morgan fingerprint density at radius 3 is 2.89 bits per heavy atom. The highest BCUT2D eigenvalue weighted by Crippen LogP contribution is 2.37. The Balaban J connectivity index is 2.32. The fourth-order valence-corrected chi connectivity index (χ4v) is 4.48. The van der Waals surface area contributed by atoms with Crippen molar-refractivity contribution in [2.45, 2.75) is 44.4 Å². The molecule has 0 aliphatic heterocycles. The molecule has 0 spiro atoms. The minimum atomic E-state index is -3.06. The van der Waals surface area contributed by atoms with Crippen molar-refractivity contribution in [2.24, 2.45) is 0 Å². The highest BCUT2D eigenvalue weighted by molar-refractivity contribution is 7.91. The lowest BCUT2D eigenvalue weighted by molar-refractivity contribution is 0.476. The molecule has 1 aliphatic rings. The fraction of sp³-hybridized carbons (Fsp3) is 0.750. The zero-order valence-corrected chi connectivity index (χ0v) is 12.7. The van der Waals surface area contributed by atoms with Gasteiger partial charge in [-0.1, -0.05) is 6.92 Å². The van der Waals surface area contributed by atoms with E-state index < -0.39 is 15.1 Å². The van der Waals surface area contributed by atoms with Crippen LogP contribution in [0.25, 0.3) is 0 Å². The molecule has 102 valence electrons. The first-order valence-corrected chi connectivity index (χ1v) is 9.12. The number of aromatic nitrogens is 1. The van der Waals surface area contributed by atoms with Crippen molar-refractivity contribution in [2.75, 3.05) is 12.8 Å². The molecule has 0 amide bonds. The van der Waals surface area contributed by atoms with Crippen LogP contribution in [0.5, 0.6) is 0 Å². The Hall–Kier alpha value is -0.460. The molecule has 4 nitrogen and oxygen atoms in total. The van der Waals surface area contributed by atoms with Gasteiger partial charge < -0.3 is 5.32 Å². The summed E-state index contributed by atoms with van der Waals surface area (Å²) in [5.41, 5.74) is 1.10. The van der Waals surface area contributed by atoms with Crippen molar-refractivity contribution in [3.63, 3.8) is 0 Å². The molecule has 1 aliphatic carbocycles. The molecular weight excluding hydrogens is 268 g/mol. The van der Waals surface area contributed by atoms with E-state index in [1.165, 1.54) is 11.1 Å². The molecular formula is C12H20N2O2S2. The summed E-state index contributed by atoms with van der Waals surface area (Å²) in [6.45, 7) is 4.75. The van der Waals surface area contributed by atoms with Crippen LogP contribution in [-0.2, 0) is 16.3 Å². The van der Waals surface area contributed by atoms with Gasteiger partial charge in [-0.05, 0) is 32.7 Å². The molecule has 6 heteroatoms. The maximum absolute atomic E-state index is 11.6. The second-order valence-corrected chi connectivity index (χ2v) is 8.27. The number of nitrogens with zero attached hydrogens (tertiary/aromatic N) is 1. The summed E-state index contributed by atoms with van der Waals surface area (Å²) in [5.74, 6) is 0. The summed E-state index contributed by atoms with van der Waals surface area (Å²) < 4.78 is 23.2. The largest absolute Gasteiger partial charge is 0.309 e. The zero-order valence-electron chi connectivity index (χ0n) is 11.1. The summed E-state index contributed by atoms with van der Waals surface area (Å²) in [6.07, 6.45) is 4.50. The molecule has 18 heavy (non-hydrogen) atoms. The summed E-state index contributed by atoms with van der Waals surface area (Å²) in [6, 6.07) is 0.358. The van der Waals surface area contributed by atoms with Crippen molar-refractivity contribution in [3.05, 3.63) is 15.6 Å². The van der Waals surface area contributed by atoms with E-state index in [4.69, 9.17) is 0 Å². The van der Waals surface area contributed by atoms with Gasteiger partial charge in [0.25, 0.3) is 0 Å². The minimum absolute atomic E-state index is 0.358. The van der Waals surface area contributed by atoms with Crippen LogP contribution in [0.15, 0.2) is 0 Å². The zero-order chi connectivity index (χ0) is 13.3. The second-order valence-electron chi connectivity index (χ2n) is 4.84. The summed E-state index contributed by atoms with van der Waals surface area (Å²) in [5, 5.41) is 3.71. The van der Waals surface area contributed by atoms with Crippen LogP contribution in [-0.4, -0.2) is 26.2 Å².